The van der Waals surface area contributed by atoms with Gasteiger partial charge in [-0.3, -0.25) is 0 Å². The van der Waals surface area contributed by atoms with Gasteiger partial charge >= 0.3 is 0 Å². The number of nitrogens with one attached hydrogen (secondary N) is 1. The third-order valence-corrected chi connectivity index (χ3v) is 3.77. The molecule has 94 valence electrons. The van der Waals surface area contributed by atoms with Crippen molar-refractivity contribution in [3.63, 3.8) is 0 Å². The van der Waals surface area contributed by atoms with E-state index >= 15 is 0 Å². The van der Waals surface area contributed by atoms with Crippen LogP contribution in [0.4, 0.5) is 0 Å². The summed E-state index contributed by atoms with van der Waals surface area (Å²) in [7, 11) is 1.72. The summed E-state index contributed by atoms with van der Waals surface area (Å²) in [5, 5.41) is 3.72. The summed E-state index contributed by atoms with van der Waals surface area (Å²) in [6.45, 7) is 4.58. The Morgan fingerprint density at radius 2 is 2.18 bits per heavy atom. The van der Waals surface area contributed by atoms with E-state index < -0.39 is 0 Å². The van der Waals surface area contributed by atoms with Gasteiger partial charge in [0.25, 0.3) is 0 Å². The zero-order chi connectivity index (χ0) is 12.3. The number of hydrogen-bond donors (Lipinski definition) is 1. The van der Waals surface area contributed by atoms with Crippen molar-refractivity contribution < 1.29 is 4.74 Å². The number of hydrogen-bond acceptors (Lipinski definition) is 2. The topological polar surface area (TPSA) is 21.3 Å². The second-order valence-corrected chi connectivity index (χ2v) is 5.28. The fourth-order valence-corrected chi connectivity index (χ4v) is 2.72. The fourth-order valence-electron chi connectivity index (χ4n) is 2.72. The van der Waals surface area contributed by atoms with E-state index in [2.05, 4.69) is 37.4 Å². The standard InChI is InChI=1S/C15H23NO/c1-11-7-8-14(9-11)16-12(2)13-5-4-6-15(10-13)17-3/h4-6,10-12,14,16H,7-9H2,1-3H3. The summed E-state index contributed by atoms with van der Waals surface area (Å²) in [5.74, 6) is 1.82. The summed E-state index contributed by atoms with van der Waals surface area (Å²) < 4.78 is 5.26. The van der Waals surface area contributed by atoms with Gasteiger partial charge in [-0.2, -0.15) is 0 Å². The van der Waals surface area contributed by atoms with Gasteiger partial charge in [-0.25, -0.2) is 0 Å². The van der Waals surface area contributed by atoms with Crippen LogP contribution in [-0.2, 0) is 0 Å². The maximum Gasteiger partial charge on any atom is 0.119 e. The number of benzene rings is 1. The maximum absolute atomic E-state index is 5.26. The van der Waals surface area contributed by atoms with Crippen LogP contribution < -0.4 is 10.1 Å². The van der Waals surface area contributed by atoms with Crippen molar-refractivity contribution in [1.29, 1.82) is 0 Å². The molecule has 0 bridgehead atoms. The van der Waals surface area contributed by atoms with Crippen molar-refractivity contribution >= 4 is 0 Å². The molecule has 1 N–H and O–H groups in total. The molecular weight excluding hydrogens is 210 g/mol. The van der Waals surface area contributed by atoms with Crippen LogP contribution in [0, 0.1) is 5.92 Å². The summed E-state index contributed by atoms with van der Waals surface area (Å²) >= 11 is 0. The second-order valence-electron chi connectivity index (χ2n) is 5.28. The number of rotatable bonds is 4. The Morgan fingerprint density at radius 1 is 1.35 bits per heavy atom. The lowest BCUT2D eigenvalue weighted by molar-refractivity contribution is 0.411. The quantitative estimate of drug-likeness (QED) is 0.859. The molecule has 0 aromatic heterocycles. The minimum Gasteiger partial charge on any atom is -0.497 e. The fraction of sp³-hybridized carbons (Fsp3) is 0.600. The van der Waals surface area contributed by atoms with E-state index in [1.54, 1.807) is 7.11 Å². The second kappa shape index (κ2) is 5.54. The molecule has 1 aliphatic rings. The van der Waals surface area contributed by atoms with Crippen molar-refractivity contribution in [1.82, 2.24) is 5.32 Å². The minimum absolute atomic E-state index is 0.403. The molecule has 2 rings (SSSR count). The highest BCUT2D eigenvalue weighted by molar-refractivity contribution is 5.30. The van der Waals surface area contributed by atoms with Crippen LogP contribution in [0.2, 0.25) is 0 Å². The lowest BCUT2D eigenvalue weighted by Gasteiger charge is -2.20. The third kappa shape index (κ3) is 3.22. The molecule has 0 amide bonds. The zero-order valence-electron chi connectivity index (χ0n) is 11.1. The van der Waals surface area contributed by atoms with E-state index in [0.717, 1.165) is 11.7 Å². The lowest BCUT2D eigenvalue weighted by atomic mass is 10.1. The van der Waals surface area contributed by atoms with Gasteiger partial charge in [0.2, 0.25) is 0 Å². The SMILES string of the molecule is COc1cccc(C(C)NC2CCC(C)C2)c1. The first-order chi connectivity index (χ1) is 8.19. The molecule has 3 unspecified atom stereocenters. The van der Waals surface area contributed by atoms with Gasteiger partial charge in [0.05, 0.1) is 7.11 Å². The van der Waals surface area contributed by atoms with E-state index in [1.165, 1.54) is 24.8 Å². The molecule has 0 radical (unpaired) electrons. The summed E-state index contributed by atoms with van der Waals surface area (Å²) in [5.41, 5.74) is 1.31. The van der Waals surface area contributed by atoms with Gasteiger partial charge in [0, 0.05) is 12.1 Å². The Balaban J connectivity index is 1.96. The van der Waals surface area contributed by atoms with Crippen LogP contribution in [-0.4, -0.2) is 13.2 Å². The summed E-state index contributed by atoms with van der Waals surface area (Å²) in [6, 6.07) is 9.43. The van der Waals surface area contributed by atoms with Crippen LogP contribution in [0.3, 0.4) is 0 Å². The van der Waals surface area contributed by atoms with E-state index in [0.29, 0.717) is 12.1 Å². The number of ether oxygens (including phenoxy) is 1. The summed E-state index contributed by atoms with van der Waals surface area (Å²) in [6.07, 6.45) is 3.99. The molecule has 1 aromatic carbocycles. The first-order valence-corrected chi connectivity index (χ1v) is 6.59. The Morgan fingerprint density at radius 3 is 2.82 bits per heavy atom. The van der Waals surface area contributed by atoms with Gasteiger partial charge in [-0.1, -0.05) is 19.1 Å². The highest BCUT2D eigenvalue weighted by Crippen LogP contribution is 2.27. The molecule has 2 heteroatoms. The van der Waals surface area contributed by atoms with Gasteiger partial charge in [0.1, 0.15) is 5.75 Å². The van der Waals surface area contributed by atoms with Crippen molar-refractivity contribution in [3.05, 3.63) is 29.8 Å². The highest BCUT2D eigenvalue weighted by Gasteiger charge is 2.22. The number of methoxy groups -OCH3 is 1. The van der Waals surface area contributed by atoms with Crippen molar-refractivity contribution in [3.8, 4) is 5.75 Å². The molecular formula is C15H23NO. The van der Waals surface area contributed by atoms with E-state index in [1.807, 2.05) is 6.07 Å². The Labute approximate surface area is 104 Å². The molecule has 1 aromatic rings. The predicted molar refractivity (Wildman–Crippen MR) is 71.3 cm³/mol. The van der Waals surface area contributed by atoms with Crippen molar-refractivity contribution in [2.45, 2.75) is 45.2 Å². The van der Waals surface area contributed by atoms with Crippen LogP contribution in [0.5, 0.6) is 5.75 Å². The smallest absolute Gasteiger partial charge is 0.119 e. The highest BCUT2D eigenvalue weighted by atomic mass is 16.5. The molecule has 1 fully saturated rings. The van der Waals surface area contributed by atoms with Crippen molar-refractivity contribution in [2.24, 2.45) is 5.92 Å². The average molecular weight is 233 g/mol. The van der Waals surface area contributed by atoms with Gasteiger partial charge in [-0.05, 0) is 49.8 Å². The maximum atomic E-state index is 5.26. The Hall–Kier alpha value is -1.02. The predicted octanol–water partition coefficient (Wildman–Crippen LogP) is 3.53. The van der Waals surface area contributed by atoms with Crippen LogP contribution >= 0.6 is 0 Å². The normalized spacial score (nSPS) is 25.8. The molecule has 0 saturated heterocycles. The average Bonchev–Trinajstić information content (AvgIpc) is 2.75. The van der Waals surface area contributed by atoms with E-state index in [-0.39, 0.29) is 0 Å². The van der Waals surface area contributed by atoms with E-state index in [4.69, 9.17) is 4.74 Å². The third-order valence-electron chi connectivity index (χ3n) is 3.77. The van der Waals surface area contributed by atoms with Gasteiger partial charge in [-0.15, -0.1) is 0 Å². The Bertz CT molecular complexity index is 364. The first-order valence-electron chi connectivity index (χ1n) is 6.59. The largest absolute Gasteiger partial charge is 0.497 e. The molecule has 0 spiro atoms. The zero-order valence-corrected chi connectivity index (χ0v) is 11.1. The monoisotopic (exact) mass is 233 g/mol. The lowest BCUT2D eigenvalue weighted by Crippen LogP contribution is -2.29. The molecule has 2 nitrogen and oxygen atoms in total. The molecule has 17 heavy (non-hydrogen) atoms. The van der Waals surface area contributed by atoms with Crippen molar-refractivity contribution in [2.75, 3.05) is 7.11 Å². The molecule has 0 aliphatic heterocycles. The van der Waals surface area contributed by atoms with Crippen LogP contribution in [0.15, 0.2) is 24.3 Å². The Kier molecular flexibility index (Phi) is 4.06. The van der Waals surface area contributed by atoms with Crippen LogP contribution in [0.25, 0.3) is 0 Å². The van der Waals surface area contributed by atoms with Gasteiger partial charge in [0.15, 0.2) is 0 Å². The molecule has 3 atom stereocenters. The molecule has 0 heterocycles. The van der Waals surface area contributed by atoms with Crippen LogP contribution in [0.1, 0.15) is 44.7 Å². The van der Waals surface area contributed by atoms with E-state index in [9.17, 15) is 0 Å². The minimum atomic E-state index is 0.403. The molecule has 1 saturated carbocycles. The van der Waals surface area contributed by atoms with Gasteiger partial charge < -0.3 is 10.1 Å². The first kappa shape index (κ1) is 12.4. The molecule has 1 aliphatic carbocycles. The summed E-state index contributed by atoms with van der Waals surface area (Å²) in [4.78, 5) is 0.